The van der Waals surface area contributed by atoms with E-state index in [2.05, 4.69) is 20.2 Å². The maximum atomic E-state index is 13.1. The minimum atomic E-state index is -4.55. The van der Waals surface area contributed by atoms with E-state index in [4.69, 9.17) is 0 Å². The van der Waals surface area contributed by atoms with Crippen LogP contribution in [0.5, 0.6) is 0 Å². The van der Waals surface area contributed by atoms with Gasteiger partial charge in [0, 0.05) is 30.6 Å². The standard InChI is InChI=1S/C17H19F3N4/c18-17(19,20)16-22-14-4-2-1-3-13(14)15(23-16)21-11-7-9-24(10-8-11)12-5-6-12/h1-4,11-12H,5-10H2,(H,21,22,23). The number of fused-ring (bicyclic) bond motifs is 1. The van der Waals surface area contributed by atoms with Crippen molar-refractivity contribution in [3.05, 3.63) is 30.1 Å². The predicted molar refractivity (Wildman–Crippen MR) is 85.8 cm³/mol. The van der Waals surface area contributed by atoms with E-state index in [-0.39, 0.29) is 11.9 Å². The molecule has 1 aromatic heterocycles. The second-order valence-electron chi connectivity index (χ2n) is 6.60. The van der Waals surface area contributed by atoms with Gasteiger partial charge in [0.2, 0.25) is 5.82 Å². The number of rotatable bonds is 3. The Labute approximate surface area is 138 Å². The predicted octanol–water partition coefficient (Wildman–Crippen LogP) is 3.69. The monoisotopic (exact) mass is 336 g/mol. The Hall–Kier alpha value is -1.89. The van der Waals surface area contributed by atoms with E-state index in [1.807, 2.05) is 0 Å². The van der Waals surface area contributed by atoms with Crippen molar-refractivity contribution in [2.24, 2.45) is 0 Å². The molecular formula is C17H19F3N4. The van der Waals surface area contributed by atoms with Crippen LogP contribution < -0.4 is 5.32 Å². The average molecular weight is 336 g/mol. The zero-order valence-corrected chi connectivity index (χ0v) is 13.2. The topological polar surface area (TPSA) is 41.1 Å². The summed E-state index contributed by atoms with van der Waals surface area (Å²) in [6.45, 7) is 1.99. The highest BCUT2D eigenvalue weighted by atomic mass is 19.4. The number of nitrogens with one attached hydrogen (secondary N) is 1. The highest BCUT2D eigenvalue weighted by Gasteiger charge is 2.36. The van der Waals surface area contributed by atoms with Crippen LogP contribution in [0.15, 0.2) is 24.3 Å². The molecule has 7 heteroatoms. The van der Waals surface area contributed by atoms with E-state index in [1.54, 1.807) is 24.3 Å². The normalized spacial score (nSPS) is 20.5. The molecule has 2 heterocycles. The van der Waals surface area contributed by atoms with Crippen molar-refractivity contribution >= 4 is 16.7 Å². The summed E-state index contributed by atoms with van der Waals surface area (Å²) in [7, 11) is 0. The van der Waals surface area contributed by atoms with Gasteiger partial charge in [0.25, 0.3) is 0 Å². The lowest BCUT2D eigenvalue weighted by atomic mass is 10.0. The number of anilines is 1. The number of para-hydroxylation sites is 1. The molecule has 4 nitrogen and oxygen atoms in total. The third-order valence-corrected chi connectivity index (χ3v) is 4.79. The smallest absolute Gasteiger partial charge is 0.367 e. The van der Waals surface area contributed by atoms with E-state index < -0.39 is 12.0 Å². The van der Waals surface area contributed by atoms with Crippen molar-refractivity contribution in [3.8, 4) is 0 Å². The fourth-order valence-electron chi connectivity index (χ4n) is 3.36. The number of hydrogen-bond donors (Lipinski definition) is 1. The summed E-state index contributed by atoms with van der Waals surface area (Å²) < 4.78 is 39.2. The molecule has 1 saturated carbocycles. The number of alkyl halides is 3. The molecular weight excluding hydrogens is 317 g/mol. The van der Waals surface area contributed by atoms with Gasteiger partial charge in [-0.2, -0.15) is 13.2 Å². The van der Waals surface area contributed by atoms with E-state index in [9.17, 15) is 13.2 Å². The summed E-state index contributed by atoms with van der Waals surface area (Å²) in [6, 6.07) is 7.72. The van der Waals surface area contributed by atoms with Crippen LogP contribution in [0.3, 0.4) is 0 Å². The van der Waals surface area contributed by atoms with Gasteiger partial charge in [-0.05, 0) is 37.8 Å². The maximum absolute atomic E-state index is 13.1. The van der Waals surface area contributed by atoms with Crippen molar-refractivity contribution in [1.29, 1.82) is 0 Å². The largest absolute Gasteiger partial charge is 0.451 e. The lowest BCUT2D eigenvalue weighted by Crippen LogP contribution is -2.40. The number of benzene rings is 1. The minimum absolute atomic E-state index is 0.152. The molecule has 0 unspecified atom stereocenters. The Kier molecular flexibility index (Phi) is 3.83. The van der Waals surface area contributed by atoms with Crippen LogP contribution in [0, 0.1) is 0 Å². The van der Waals surface area contributed by atoms with Gasteiger partial charge in [-0.3, -0.25) is 0 Å². The SMILES string of the molecule is FC(F)(F)c1nc(NC2CCN(C3CC3)CC2)c2ccccc2n1. The molecule has 1 aliphatic carbocycles. The number of hydrogen-bond acceptors (Lipinski definition) is 4. The maximum Gasteiger partial charge on any atom is 0.451 e. The zero-order valence-electron chi connectivity index (χ0n) is 13.2. The zero-order chi connectivity index (χ0) is 16.7. The quantitative estimate of drug-likeness (QED) is 0.928. The molecule has 2 fully saturated rings. The molecule has 1 aromatic carbocycles. The number of nitrogens with zero attached hydrogens (tertiary/aromatic N) is 3. The second-order valence-corrected chi connectivity index (χ2v) is 6.60. The third kappa shape index (κ3) is 3.17. The number of likely N-dealkylation sites (tertiary alicyclic amines) is 1. The molecule has 0 spiro atoms. The van der Waals surface area contributed by atoms with E-state index in [0.29, 0.717) is 10.9 Å². The van der Waals surface area contributed by atoms with E-state index in [0.717, 1.165) is 32.0 Å². The van der Waals surface area contributed by atoms with Crippen LogP contribution in [-0.4, -0.2) is 40.0 Å². The molecule has 24 heavy (non-hydrogen) atoms. The molecule has 2 aliphatic rings. The summed E-state index contributed by atoms with van der Waals surface area (Å²) in [5.74, 6) is -0.795. The molecule has 1 saturated heterocycles. The Morgan fingerprint density at radius 1 is 1.00 bits per heavy atom. The fraction of sp³-hybridized carbons (Fsp3) is 0.529. The van der Waals surface area contributed by atoms with Gasteiger partial charge >= 0.3 is 6.18 Å². The molecule has 128 valence electrons. The molecule has 1 aliphatic heterocycles. The molecule has 0 atom stereocenters. The first-order valence-electron chi connectivity index (χ1n) is 8.35. The number of halogens is 3. The molecule has 1 N–H and O–H groups in total. The number of piperidine rings is 1. The van der Waals surface area contributed by atoms with Crippen molar-refractivity contribution in [3.63, 3.8) is 0 Å². The summed E-state index contributed by atoms with van der Waals surface area (Å²) in [5, 5.41) is 3.87. The lowest BCUT2D eigenvalue weighted by molar-refractivity contribution is -0.144. The minimum Gasteiger partial charge on any atom is -0.367 e. The molecule has 0 amide bonds. The second kappa shape index (κ2) is 5.88. The summed E-state index contributed by atoms with van der Waals surface area (Å²) in [5.41, 5.74) is 0.317. The van der Waals surface area contributed by atoms with E-state index in [1.165, 1.54) is 12.8 Å². The summed E-state index contributed by atoms with van der Waals surface area (Å²) in [4.78, 5) is 9.91. The third-order valence-electron chi connectivity index (χ3n) is 4.79. The first kappa shape index (κ1) is 15.6. The molecule has 0 bridgehead atoms. The molecule has 2 aromatic rings. The Morgan fingerprint density at radius 2 is 1.71 bits per heavy atom. The first-order valence-corrected chi connectivity index (χ1v) is 8.35. The Bertz CT molecular complexity index is 734. The van der Waals surface area contributed by atoms with Crippen molar-refractivity contribution < 1.29 is 13.2 Å². The van der Waals surface area contributed by atoms with Crippen LogP contribution in [0.4, 0.5) is 19.0 Å². The van der Waals surface area contributed by atoms with Gasteiger partial charge in [0.05, 0.1) is 5.52 Å². The van der Waals surface area contributed by atoms with Crippen molar-refractivity contribution in [1.82, 2.24) is 14.9 Å². The molecule has 4 rings (SSSR count). The van der Waals surface area contributed by atoms with Crippen molar-refractivity contribution in [2.75, 3.05) is 18.4 Å². The van der Waals surface area contributed by atoms with Gasteiger partial charge in [0.1, 0.15) is 5.82 Å². The first-order chi connectivity index (χ1) is 11.5. The highest BCUT2D eigenvalue weighted by molar-refractivity contribution is 5.89. The van der Waals surface area contributed by atoms with E-state index >= 15 is 0 Å². The lowest BCUT2D eigenvalue weighted by Gasteiger charge is -2.32. The number of aromatic nitrogens is 2. The Morgan fingerprint density at radius 3 is 2.38 bits per heavy atom. The van der Waals surface area contributed by atoms with Crippen molar-refractivity contribution in [2.45, 2.75) is 43.9 Å². The fourth-order valence-corrected chi connectivity index (χ4v) is 3.36. The Balaban J connectivity index is 1.58. The van der Waals surface area contributed by atoms with Gasteiger partial charge in [-0.25, -0.2) is 9.97 Å². The van der Waals surface area contributed by atoms with Crippen LogP contribution in [-0.2, 0) is 6.18 Å². The van der Waals surface area contributed by atoms with Gasteiger partial charge in [0.15, 0.2) is 0 Å². The van der Waals surface area contributed by atoms with Gasteiger partial charge < -0.3 is 10.2 Å². The van der Waals surface area contributed by atoms with Crippen LogP contribution in [0.2, 0.25) is 0 Å². The van der Waals surface area contributed by atoms with Crippen LogP contribution in [0.1, 0.15) is 31.5 Å². The average Bonchev–Trinajstić information content (AvgIpc) is 3.39. The summed E-state index contributed by atoms with van der Waals surface area (Å²) >= 11 is 0. The van der Waals surface area contributed by atoms with Crippen LogP contribution >= 0.6 is 0 Å². The van der Waals surface area contributed by atoms with Crippen LogP contribution in [0.25, 0.3) is 10.9 Å². The van der Waals surface area contributed by atoms with Gasteiger partial charge in [-0.1, -0.05) is 12.1 Å². The highest BCUT2D eigenvalue weighted by Crippen LogP contribution is 2.32. The van der Waals surface area contributed by atoms with Gasteiger partial charge in [-0.15, -0.1) is 0 Å². The molecule has 0 radical (unpaired) electrons. The summed E-state index contributed by atoms with van der Waals surface area (Å²) in [6.07, 6.45) is -0.130.